The van der Waals surface area contributed by atoms with E-state index >= 15 is 0 Å². The van der Waals surface area contributed by atoms with Crippen molar-refractivity contribution in [3.05, 3.63) is 64.9 Å². The van der Waals surface area contributed by atoms with E-state index in [0.29, 0.717) is 30.2 Å². The molecule has 0 spiro atoms. The van der Waals surface area contributed by atoms with E-state index in [9.17, 15) is 14.0 Å². The second kappa shape index (κ2) is 13.1. The van der Waals surface area contributed by atoms with E-state index in [1.807, 2.05) is 20.8 Å². The lowest BCUT2D eigenvalue weighted by Gasteiger charge is -2.31. The van der Waals surface area contributed by atoms with Crippen molar-refractivity contribution in [2.24, 2.45) is 0 Å². The van der Waals surface area contributed by atoms with Gasteiger partial charge in [0.25, 0.3) is 0 Å². The molecule has 32 heavy (non-hydrogen) atoms. The molecule has 0 fully saturated rings. The van der Waals surface area contributed by atoms with Crippen LogP contribution >= 0.6 is 11.6 Å². The van der Waals surface area contributed by atoms with Crippen LogP contribution in [0.5, 0.6) is 5.75 Å². The average molecular weight is 463 g/mol. The van der Waals surface area contributed by atoms with Crippen LogP contribution in [0.15, 0.2) is 48.5 Å². The fraction of sp³-hybridized carbons (Fsp3) is 0.440. The van der Waals surface area contributed by atoms with Crippen molar-refractivity contribution >= 4 is 23.4 Å². The van der Waals surface area contributed by atoms with Crippen LogP contribution in [-0.4, -0.2) is 35.4 Å². The predicted octanol–water partition coefficient (Wildman–Crippen LogP) is 5.36. The summed E-state index contributed by atoms with van der Waals surface area (Å²) in [4.78, 5) is 27.6. The Morgan fingerprint density at radius 3 is 2.31 bits per heavy atom. The number of nitrogens with zero attached hydrogens (tertiary/aromatic N) is 1. The number of carbonyl (C=O) groups excluding carboxylic acids is 2. The smallest absolute Gasteiger partial charge is 0.243 e. The van der Waals surface area contributed by atoms with Gasteiger partial charge in [-0.05, 0) is 68.1 Å². The van der Waals surface area contributed by atoms with Gasteiger partial charge in [0.1, 0.15) is 17.6 Å². The van der Waals surface area contributed by atoms with Crippen molar-refractivity contribution in [3.63, 3.8) is 0 Å². The molecule has 0 heterocycles. The van der Waals surface area contributed by atoms with Crippen LogP contribution in [0, 0.1) is 5.82 Å². The lowest BCUT2D eigenvalue weighted by atomic mass is 10.1. The van der Waals surface area contributed by atoms with Crippen molar-refractivity contribution in [2.45, 2.75) is 65.1 Å². The minimum atomic E-state index is -0.598. The molecule has 0 saturated heterocycles. The summed E-state index contributed by atoms with van der Waals surface area (Å²) in [5.74, 6) is 0.0341. The first-order valence-corrected chi connectivity index (χ1v) is 11.4. The topological polar surface area (TPSA) is 58.6 Å². The molecule has 1 N–H and O–H groups in total. The normalized spacial score (nSPS) is 12.7. The second-order valence-electron chi connectivity index (χ2n) is 7.80. The summed E-state index contributed by atoms with van der Waals surface area (Å²) < 4.78 is 19.0. The van der Waals surface area contributed by atoms with Gasteiger partial charge in [0, 0.05) is 24.0 Å². The monoisotopic (exact) mass is 462 g/mol. The molecule has 0 aliphatic rings. The quantitative estimate of drug-likeness (QED) is 0.432. The summed E-state index contributed by atoms with van der Waals surface area (Å²) in [5, 5.41) is 3.61. The standard InChI is InChI=1S/C25H32ClFN2O3/c1-4-18(3)28-25(31)23(5-2)29(17-19-8-12-21(27)13-9-19)24(30)7-6-16-32-22-14-10-20(26)11-15-22/h8-15,18,23H,4-7,16-17H2,1-3H3,(H,28,31)/t18-,23+/m1/s1. The molecular formula is C25H32ClFN2O3. The Morgan fingerprint density at radius 1 is 1.06 bits per heavy atom. The third kappa shape index (κ3) is 8.15. The van der Waals surface area contributed by atoms with E-state index in [1.165, 1.54) is 12.1 Å². The molecule has 174 valence electrons. The molecule has 0 aromatic heterocycles. The molecule has 0 unspecified atom stereocenters. The molecule has 0 radical (unpaired) electrons. The summed E-state index contributed by atoms with van der Waals surface area (Å²) in [7, 11) is 0. The van der Waals surface area contributed by atoms with Crippen molar-refractivity contribution in [3.8, 4) is 5.75 Å². The van der Waals surface area contributed by atoms with E-state index in [-0.39, 0.29) is 36.6 Å². The van der Waals surface area contributed by atoms with E-state index in [2.05, 4.69) is 5.32 Å². The third-order valence-corrected chi connectivity index (χ3v) is 5.52. The second-order valence-corrected chi connectivity index (χ2v) is 8.23. The number of hydrogen-bond acceptors (Lipinski definition) is 3. The first-order chi connectivity index (χ1) is 15.3. The highest BCUT2D eigenvalue weighted by Gasteiger charge is 2.28. The van der Waals surface area contributed by atoms with Crippen LogP contribution in [0.2, 0.25) is 5.02 Å². The molecule has 0 bridgehead atoms. The molecule has 2 aromatic rings. The largest absolute Gasteiger partial charge is 0.494 e. The highest BCUT2D eigenvalue weighted by molar-refractivity contribution is 6.30. The third-order valence-electron chi connectivity index (χ3n) is 5.27. The zero-order valence-electron chi connectivity index (χ0n) is 18.9. The maximum atomic E-state index is 13.3. The average Bonchev–Trinajstić information content (AvgIpc) is 2.78. The first-order valence-electron chi connectivity index (χ1n) is 11.1. The number of amides is 2. The van der Waals surface area contributed by atoms with Gasteiger partial charge in [-0.15, -0.1) is 0 Å². The SMILES string of the molecule is CC[C@@H](C)NC(=O)[C@H](CC)N(Cc1ccc(F)cc1)C(=O)CCCOc1ccc(Cl)cc1. The Balaban J connectivity index is 2.05. The van der Waals surface area contributed by atoms with Crippen LogP contribution in [-0.2, 0) is 16.1 Å². The molecule has 2 amide bonds. The number of ether oxygens (including phenoxy) is 1. The molecule has 2 aromatic carbocycles. The summed E-state index contributed by atoms with van der Waals surface area (Å²) in [6.45, 7) is 6.42. The van der Waals surface area contributed by atoms with Crippen LogP contribution in [0.4, 0.5) is 4.39 Å². The van der Waals surface area contributed by atoms with Crippen molar-refractivity contribution < 1.29 is 18.7 Å². The number of carbonyl (C=O) groups is 2. The van der Waals surface area contributed by atoms with E-state index in [4.69, 9.17) is 16.3 Å². The van der Waals surface area contributed by atoms with Gasteiger partial charge in [-0.3, -0.25) is 9.59 Å². The molecule has 0 aliphatic heterocycles. The van der Waals surface area contributed by atoms with Gasteiger partial charge >= 0.3 is 0 Å². The molecule has 2 atom stereocenters. The Hall–Kier alpha value is -2.60. The molecular weight excluding hydrogens is 431 g/mol. The molecule has 0 aliphatic carbocycles. The fourth-order valence-electron chi connectivity index (χ4n) is 3.23. The number of halogens is 2. The zero-order chi connectivity index (χ0) is 23.5. The van der Waals surface area contributed by atoms with Crippen molar-refractivity contribution in [2.75, 3.05) is 6.61 Å². The lowest BCUT2D eigenvalue weighted by Crippen LogP contribution is -2.50. The molecule has 7 heteroatoms. The lowest BCUT2D eigenvalue weighted by molar-refractivity contribution is -0.141. The van der Waals surface area contributed by atoms with Gasteiger partial charge in [0.05, 0.1) is 6.61 Å². The van der Waals surface area contributed by atoms with E-state index in [0.717, 1.165) is 12.0 Å². The van der Waals surface area contributed by atoms with Gasteiger partial charge in [-0.25, -0.2) is 4.39 Å². The van der Waals surface area contributed by atoms with Gasteiger partial charge in [-0.1, -0.05) is 37.6 Å². The maximum Gasteiger partial charge on any atom is 0.243 e. The first kappa shape index (κ1) is 25.7. The Morgan fingerprint density at radius 2 is 1.72 bits per heavy atom. The van der Waals surface area contributed by atoms with Gasteiger partial charge in [0.2, 0.25) is 11.8 Å². The van der Waals surface area contributed by atoms with E-state index in [1.54, 1.807) is 41.3 Å². The Kier molecular flexibility index (Phi) is 10.5. The summed E-state index contributed by atoms with van der Waals surface area (Å²) in [5.41, 5.74) is 0.770. The molecule has 5 nitrogen and oxygen atoms in total. The number of rotatable bonds is 12. The number of hydrogen-bond donors (Lipinski definition) is 1. The molecule has 0 saturated carbocycles. The highest BCUT2D eigenvalue weighted by atomic mass is 35.5. The minimum absolute atomic E-state index is 0.0205. The summed E-state index contributed by atoms with van der Waals surface area (Å²) in [6, 6.07) is 12.5. The maximum absolute atomic E-state index is 13.3. The number of benzene rings is 2. The summed E-state index contributed by atoms with van der Waals surface area (Å²) in [6.07, 6.45) is 2.03. The van der Waals surface area contributed by atoms with Gasteiger partial charge in [0.15, 0.2) is 0 Å². The predicted molar refractivity (Wildman–Crippen MR) is 125 cm³/mol. The summed E-state index contributed by atoms with van der Waals surface area (Å²) >= 11 is 5.87. The number of nitrogens with one attached hydrogen (secondary N) is 1. The van der Waals surface area contributed by atoms with E-state index < -0.39 is 6.04 Å². The van der Waals surface area contributed by atoms with Crippen molar-refractivity contribution in [1.29, 1.82) is 0 Å². The fourth-order valence-corrected chi connectivity index (χ4v) is 3.36. The Bertz CT molecular complexity index is 858. The van der Waals surface area contributed by atoms with Gasteiger partial charge in [-0.2, -0.15) is 0 Å². The minimum Gasteiger partial charge on any atom is -0.494 e. The van der Waals surface area contributed by atoms with Crippen LogP contribution in [0.1, 0.15) is 52.0 Å². The van der Waals surface area contributed by atoms with Crippen LogP contribution < -0.4 is 10.1 Å². The van der Waals surface area contributed by atoms with Crippen molar-refractivity contribution in [1.82, 2.24) is 10.2 Å². The Labute approximate surface area is 194 Å². The van der Waals surface area contributed by atoms with Gasteiger partial charge < -0.3 is 15.0 Å². The molecule has 2 rings (SSSR count). The van der Waals surface area contributed by atoms with Crippen LogP contribution in [0.3, 0.4) is 0 Å². The van der Waals surface area contributed by atoms with Crippen LogP contribution in [0.25, 0.3) is 0 Å². The zero-order valence-corrected chi connectivity index (χ0v) is 19.7. The highest BCUT2D eigenvalue weighted by Crippen LogP contribution is 2.17.